The largest absolute Gasteiger partial charge is 2.00 e. The van der Waals surface area contributed by atoms with Crippen LogP contribution in [-0.2, 0) is 54.3 Å². The number of anilines is 2. The van der Waals surface area contributed by atoms with Crippen LogP contribution in [0.15, 0.2) is 48.5 Å². The average molecular weight is 426 g/mol. The van der Waals surface area contributed by atoms with E-state index in [-0.39, 0.29) is 42.8 Å². The maximum Gasteiger partial charge on any atom is 2.00 e. The zero-order valence-corrected chi connectivity index (χ0v) is 19.0. The van der Waals surface area contributed by atoms with Crippen molar-refractivity contribution in [2.45, 2.75) is 13.8 Å². The van der Waals surface area contributed by atoms with Gasteiger partial charge in [-0.1, -0.05) is 46.9 Å². The summed E-state index contributed by atoms with van der Waals surface area (Å²) in [5.74, 6) is -0.0513. The van der Waals surface area contributed by atoms with E-state index in [1.807, 2.05) is 62.4 Å². The number of benzene rings is 2. The zero-order chi connectivity index (χ0) is 17.9. The van der Waals surface area contributed by atoms with Crippen LogP contribution in [0.4, 0.5) is 11.4 Å². The monoisotopic (exact) mass is 424 g/mol. The van der Waals surface area contributed by atoms with Crippen LogP contribution in [0.25, 0.3) is 0 Å². The quantitative estimate of drug-likeness (QED) is 0.584. The molecule has 0 atom stereocenters. The zero-order valence-electron chi connectivity index (χ0n) is 14.4. The van der Waals surface area contributed by atoms with E-state index in [0.717, 1.165) is 11.4 Å². The minimum Gasteiger partial charge on any atom is -0.783 e. The molecule has 0 spiro atoms. The van der Waals surface area contributed by atoms with Gasteiger partial charge in [0.25, 0.3) is 0 Å². The van der Waals surface area contributed by atoms with Gasteiger partial charge in [-0.2, -0.15) is 0 Å². The number of rotatable bonds is 4. The number of carbonyl (C=O) groups is 2. The summed E-state index contributed by atoms with van der Waals surface area (Å²) in [6, 6.07) is 15.2. The normalized spacial score (nSPS) is 9.12. The Bertz CT molecular complexity index is 602. The topological polar surface area (TPSA) is 58.2 Å². The predicted molar refractivity (Wildman–Crippen MR) is 104 cm³/mol. The molecule has 128 valence electrons. The maximum absolute atomic E-state index is 10.9. The molecule has 0 unspecified atom stereocenters. The smallest absolute Gasteiger partial charge is 0.783 e. The third-order valence-electron chi connectivity index (χ3n) is 2.93. The van der Waals surface area contributed by atoms with Crippen LogP contribution in [0.5, 0.6) is 0 Å². The van der Waals surface area contributed by atoms with E-state index in [1.54, 1.807) is 0 Å². The second-order valence-electron chi connectivity index (χ2n) is 5.12. The molecule has 0 radical (unpaired) electrons. The second-order valence-corrected chi connectivity index (χ2v) is 5.69. The number of nitrogens with one attached hydrogen (secondary N) is 2. The Morgan fingerprint density at radius 2 is 1.00 bits per heavy atom. The minimum atomic E-state index is -0.131. The predicted octanol–water partition coefficient (Wildman–Crippen LogP) is 2.96. The van der Waals surface area contributed by atoms with Crippen molar-refractivity contribution in [2.24, 2.45) is 0 Å². The molecule has 0 aliphatic rings. The molecular formula is C18H20N2O2S2Zn. The first-order valence-corrected chi connectivity index (χ1v) is 8.49. The fourth-order valence-electron chi connectivity index (χ4n) is 1.67. The standard InChI is InChI=1S/2C9H11NOS.Zn/c2*1-7-2-4-8(5-3-7)10-9(11)6-12;/h2*2-5,12H,6H2,1H3,(H,10,11);/q;;+2/p-2. The first-order valence-electron chi connectivity index (χ1n) is 7.34. The van der Waals surface area contributed by atoms with E-state index in [9.17, 15) is 9.59 Å². The molecule has 25 heavy (non-hydrogen) atoms. The van der Waals surface area contributed by atoms with Gasteiger partial charge in [0.2, 0.25) is 0 Å². The van der Waals surface area contributed by atoms with Crippen LogP contribution >= 0.6 is 0 Å². The molecule has 0 bridgehead atoms. The van der Waals surface area contributed by atoms with Gasteiger partial charge in [-0.3, -0.25) is 9.59 Å². The molecule has 0 saturated carbocycles. The molecule has 0 saturated heterocycles. The van der Waals surface area contributed by atoms with Gasteiger partial charge in [-0.15, -0.1) is 0 Å². The summed E-state index contributed by atoms with van der Waals surface area (Å²) in [5.41, 5.74) is 3.95. The molecule has 2 aromatic rings. The van der Waals surface area contributed by atoms with Gasteiger partial charge in [0.05, 0.1) is 0 Å². The van der Waals surface area contributed by atoms with Gasteiger partial charge < -0.3 is 35.9 Å². The summed E-state index contributed by atoms with van der Waals surface area (Å²) in [5, 5.41) is 5.35. The summed E-state index contributed by atoms with van der Waals surface area (Å²) in [7, 11) is 0. The van der Waals surface area contributed by atoms with E-state index in [2.05, 4.69) is 35.9 Å². The van der Waals surface area contributed by atoms with Crippen LogP contribution in [0.2, 0.25) is 0 Å². The van der Waals surface area contributed by atoms with Gasteiger partial charge in [-0.25, -0.2) is 0 Å². The summed E-state index contributed by atoms with van der Waals surface area (Å²) in [4.78, 5) is 21.7. The summed E-state index contributed by atoms with van der Waals surface area (Å²) >= 11 is 9.18. The van der Waals surface area contributed by atoms with Crippen molar-refractivity contribution in [2.75, 3.05) is 22.1 Å². The third kappa shape index (κ3) is 10.3. The molecule has 2 aromatic carbocycles. The van der Waals surface area contributed by atoms with Crippen molar-refractivity contribution in [1.82, 2.24) is 0 Å². The van der Waals surface area contributed by atoms with Crippen molar-refractivity contribution in [1.29, 1.82) is 0 Å². The number of carbonyl (C=O) groups excluding carboxylic acids is 2. The number of hydrogen-bond donors (Lipinski definition) is 2. The van der Waals surface area contributed by atoms with E-state index in [1.165, 1.54) is 11.1 Å². The van der Waals surface area contributed by atoms with Gasteiger partial charge >= 0.3 is 19.5 Å². The van der Waals surface area contributed by atoms with Gasteiger partial charge in [-0.05, 0) is 38.1 Å². The van der Waals surface area contributed by atoms with Crippen LogP contribution < -0.4 is 10.6 Å². The number of hydrogen-bond acceptors (Lipinski definition) is 4. The molecule has 0 aromatic heterocycles. The molecule has 0 aliphatic heterocycles. The van der Waals surface area contributed by atoms with E-state index in [4.69, 9.17) is 0 Å². The molecule has 2 amide bonds. The molecule has 2 N–H and O–H groups in total. The minimum absolute atomic E-state index is 0. The van der Waals surface area contributed by atoms with Crippen LogP contribution in [-0.4, -0.2) is 23.3 Å². The van der Waals surface area contributed by atoms with Gasteiger partial charge in [0.1, 0.15) is 0 Å². The van der Waals surface area contributed by atoms with Gasteiger partial charge in [0, 0.05) is 11.4 Å². The van der Waals surface area contributed by atoms with Crippen LogP contribution in [0.3, 0.4) is 0 Å². The van der Waals surface area contributed by atoms with Crippen molar-refractivity contribution in [3.05, 3.63) is 59.7 Å². The molecule has 4 nitrogen and oxygen atoms in total. The van der Waals surface area contributed by atoms with Gasteiger partial charge in [0.15, 0.2) is 11.8 Å². The van der Waals surface area contributed by atoms with Crippen molar-refractivity contribution >= 4 is 48.4 Å². The molecule has 0 fully saturated rings. The molecule has 2 rings (SSSR count). The van der Waals surface area contributed by atoms with E-state index in [0.29, 0.717) is 0 Å². The summed E-state index contributed by atoms with van der Waals surface area (Å²) in [6.07, 6.45) is 0. The third-order valence-corrected chi connectivity index (χ3v) is 3.46. The fraction of sp³-hybridized carbons (Fsp3) is 0.222. The molecule has 7 heteroatoms. The number of amides is 2. The molecular weight excluding hydrogens is 406 g/mol. The Kier molecular flexibility index (Phi) is 12.3. The first-order chi connectivity index (χ1) is 11.4. The van der Waals surface area contributed by atoms with Crippen LogP contribution in [0.1, 0.15) is 11.1 Å². The SMILES string of the molecule is Cc1ccc(NC(=O)C[S-])cc1.Cc1ccc(NC(=O)C[S-])cc1.[Zn+2]. The Labute approximate surface area is 172 Å². The van der Waals surface area contributed by atoms with E-state index < -0.39 is 0 Å². The molecule has 0 heterocycles. The first kappa shape index (κ1) is 23.7. The Morgan fingerprint density at radius 1 is 0.720 bits per heavy atom. The maximum atomic E-state index is 10.9. The van der Waals surface area contributed by atoms with E-state index >= 15 is 0 Å². The van der Waals surface area contributed by atoms with Crippen LogP contribution in [0, 0.1) is 13.8 Å². The summed E-state index contributed by atoms with van der Waals surface area (Å²) in [6.45, 7) is 4.00. The van der Waals surface area contributed by atoms with Crippen molar-refractivity contribution in [3.63, 3.8) is 0 Å². The van der Waals surface area contributed by atoms with Crippen molar-refractivity contribution < 1.29 is 29.1 Å². The fourth-order valence-corrected chi connectivity index (χ4v) is 1.81. The molecule has 0 aliphatic carbocycles. The Hall–Kier alpha value is -1.30. The average Bonchev–Trinajstić information content (AvgIpc) is 2.59. The van der Waals surface area contributed by atoms with Crippen molar-refractivity contribution in [3.8, 4) is 0 Å². The summed E-state index contributed by atoms with van der Waals surface area (Å²) < 4.78 is 0. The Balaban J connectivity index is 0.000000443. The number of aryl methyl sites for hydroxylation is 2. The Morgan fingerprint density at radius 3 is 1.24 bits per heavy atom. The second kappa shape index (κ2) is 13.0.